The molecule has 1 atom stereocenters. The summed E-state index contributed by atoms with van der Waals surface area (Å²) in [6.07, 6.45) is 4.25. The van der Waals surface area contributed by atoms with Crippen molar-refractivity contribution in [3.63, 3.8) is 0 Å². The first-order valence-electron chi connectivity index (χ1n) is 10.6. The number of aromatic nitrogens is 2. The van der Waals surface area contributed by atoms with E-state index in [1.54, 1.807) is 10.6 Å². The van der Waals surface area contributed by atoms with E-state index in [2.05, 4.69) is 6.92 Å². The molecule has 0 saturated carbocycles. The lowest BCUT2D eigenvalue weighted by Gasteiger charge is -2.29. The maximum absolute atomic E-state index is 13.4. The molecule has 0 radical (unpaired) electrons. The van der Waals surface area contributed by atoms with Gasteiger partial charge in [-0.25, -0.2) is 4.98 Å². The predicted octanol–water partition coefficient (Wildman–Crippen LogP) is 4.44. The van der Waals surface area contributed by atoms with Crippen LogP contribution in [0.4, 0.5) is 0 Å². The number of hydrogen-bond donors (Lipinski definition) is 0. The van der Waals surface area contributed by atoms with Gasteiger partial charge in [-0.1, -0.05) is 43.0 Å². The van der Waals surface area contributed by atoms with Crippen LogP contribution in [0.3, 0.4) is 0 Å². The van der Waals surface area contributed by atoms with Crippen LogP contribution < -0.4 is 5.56 Å². The molecule has 1 aliphatic heterocycles. The number of nitrogens with zero attached hydrogens (tertiary/aromatic N) is 3. The van der Waals surface area contributed by atoms with Gasteiger partial charge in [0.05, 0.1) is 21.8 Å². The average molecular weight is 422 g/mol. The van der Waals surface area contributed by atoms with Crippen molar-refractivity contribution < 1.29 is 4.79 Å². The van der Waals surface area contributed by atoms with Crippen LogP contribution in [0, 0.1) is 0 Å². The molecule has 1 aromatic heterocycles. The van der Waals surface area contributed by atoms with E-state index in [4.69, 9.17) is 4.98 Å². The number of rotatable bonds is 5. The van der Waals surface area contributed by atoms with Crippen LogP contribution in [0.15, 0.2) is 58.5 Å². The third-order valence-electron chi connectivity index (χ3n) is 5.65. The van der Waals surface area contributed by atoms with Gasteiger partial charge in [0.25, 0.3) is 5.56 Å². The molecule has 3 aromatic rings. The Kier molecular flexibility index (Phi) is 6.23. The molecule has 0 N–H and O–H groups in total. The summed E-state index contributed by atoms with van der Waals surface area (Å²) in [5, 5.41) is 0.828. The number of aryl methyl sites for hydroxylation is 1. The number of carbonyl (C=O) groups is 1. The van der Waals surface area contributed by atoms with Gasteiger partial charge in [-0.2, -0.15) is 0 Å². The molecule has 2 heterocycles. The highest BCUT2D eigenvalue weighted by Gasteiger charge is 2.25. The normalized spacial score (nSPS) is 15.3. The summed E-state index contributed by atoms with van der Waals surface area (Å²) in [6, 6.07) is 15.4. The Hall–Kier alpha value is -2.60. The SMILES string of the molecule is CCc1ccc(-n2c(S[C@H](C)C(=O)N3CCCCC3)nc3ccccc3c2=O)cc1. The third kappa shape index (κ3) is 4.15. The molecule has 6 heteroatoms. The predicted molar refractivity (Wildman–Crippen MR) is 122 cm³/mol. The Morgan fingerprint density at radius 3 is 2.47 bits per heavy atom. The van der Waals surface area contributed by atoms with E-state index < -0.39 is 0 Å². The van der Waals surface area contributed by atoms with Gasteiger partial charge >= 0.3 is 0 Å². The van der Waals surface area contributed by atoms with Crippen LogP contribution in [0.2, 0.25) is 0 Å². The Balaban J connectivity index is 1.75. The largest absolute Gasteiger partial charge is 0.342 e. The van der Waals surface area contributed by atoms with Gasteiger partial charge in [0.15, 0.2) is 5.16 Å². The Labute approximate surface area is 181 Å². The molecule has 30 heavy (non-hydrogen) atoms. The number of fused-ring (bicyclic) bond motifs is 1. The minimum Gasteiger partial charge on any atom is -0.342 e. The van der Waals surface area contributed by atoms with Crippen molar-refractivity contribution in [1.82, 2.24) is 14.5 Å². The van der Waals surface area contributed by atoms with Crippen LogP contribution in [0.1, 0.15) is 38.7 Å². The molecule has 0 unspecified atom stereocenters. The second kappa shape index (κ2) is 9.04. The molecule has 0 aliphatic carbocycles. The summed E-state index contributed by atoms with van der Waals surface area (Å²) in [6.45, 7) is 5.65. The molecule has 1 aliphatic rings. The van der Waals surface area contributed by atoms with Crippen LogP contribution in [0.25, 0.3) is 16.6 Å². The zero-order valence-electron chi connectivity index (χ0n) is 17.5. The van der Waals surface area contributed by atoms with E-state index in [0.717, 1.165) is 38.0 Å². The van der Waals surface area contributed by atoms with Gasteiger partial charge < -0.3 is 4.90 Å². The van der Waals surface area contributed by atoms with Gasteiger partial charge in [-0.3, -0.25) is 14.2 Å². The van der Waals surface area contributed by atoms with Crippen LogP contribution in [-0.4, -0.2) is 38.7 Å². The Bertz CT molecular complexity index is 1100. The molecule has 0 bridgehead atoms. The molecular formula is C24H27N3O2S. The average Bonchev–Trinajstić information content (AvgIpc) is 2.79. The van der Waals surface area contributed by atoms with Gasteiger partial charge in [-0.05, 0) is 62.4 Å². The van der Waals surface area contributed by atoms with Crippen molar-refractivity contribution in [2.24, 2.45) is 0 Å². The number of para-hydroxylation sites is 1. The van der Waals surface area contributed by atoms with Crippen LogP contribution >= 0.6 is 11.8 Å². The summed E-state index contributed by atoms with van der Waals surface area (Å²) in [4.78, 5) is 33.1. The zero-order chi connectivity index (χ0) is 21.1. The summed E-state index contributed by atoms with van der Waals surface area (Å²) in [7, 11) is 0. The number of hydrogen-bond acceptors (Lipinski definition) is 4. The zero-order valence-corrected chi connectivity index (χ0v) is 18.3. The number of amides is 1. The van der Waals surface area contributed by atoms with Crippen LogP contribution in [-0.2, 0) is 11.2 Å². The lowest BCUT2D eigenvalue weighted by molar-refractivity contribution is -0.131. The molecule has 1 amide bonds. The third-order valence-corrected chi connectivity index (χ3v) is 6.69. The number of likely N-dealkylation sites (tertiary alicyclic amines) is 1. The summed E-state index contributed by atoms with van der Waals surface area (Å²) in [5.74, 6) is 0.120. The smallest absolute Gasteiger partial charge is 0.266 e. The van der Waals surface area contributed by atoms with E-state index in [0.29, 0.717) is 16.1 Å². The number of thioether (sulfide) groups is 1. The van der Waals surface area contributed by atoms with E-state index in [1.165, 1.54) is 23.7 Å². The minimum atomic E-state index is -0.308. The van der Waals surface area contributed by atoms with Gasteiger partial charge in [-0.15, -0.1) is 0 Å². The van der Waals surface area contributed by atoms with E-state index >= 15 is 0 Å². The number of benzene rings is 2. The molecule has 0 spiro atoms. The maximum atomic E-state index is 13.4. The van der Waals surface area contributed by atoms with E-state index in [-0.39, 0.29) is 16.7 Å². The highest BCUT2D eigenvalue weighted by molar-refractivity contribution is 8.00. The van der Waals surface area contributed by atoms with Crippen molar-refractivity contribution in [3.8, 4) is 5.69 Å². The topological polar surface area (TPSA) is 55.2 Å². The van der Waals surface area contributed by atoms with Gasteiger partial charge in [0.2, 0.25) is 5.91 Å². The lowest BCUT2D eigenvalue weighted by atomic mass is 10.1. The summed E-state index contributed by atoms with van der Waals surface area (Å²) >= 11 is 1.37. The van der Waals surface area contributed by atoms with E-state index in [9.17, 15) is 9.59 Å². The first-order chi connectivity index (χ1) is 14.6. The number of piperidine rings is 1. The lowest BCUT2D eigenvalue weighted by Crippen LogP contribution is -2.40. The van der Waals surface area contributed by atoms with Crippen molar-refractivity contribution in [3.05, 3.63) is 64.4 Å². The summed E-state index contributed by atoms with van der Waals surface area (Å²) in [5.41, 5.74) is 2.54. The highest BCUT2D eigenvalue weighted by atomic mass is 32.2. The first kappa shape index (κ1) is 20.7. The van der Waals surface area contributed by atoms with Crippen molar-refractivity contribution in [2.45, 2.75) is 49.9 Å². The fourth-order valence-corrected chi connectivity index (χ4v) is 4.89. The molecule has 4 rings (SSSR count). The number of carbonyl (C=O) groups excluding carboxylic acids is 1. The van der Waals surface area contributed by atoms with Crippen molar-refractivity contribution >= 4 is 28.6 Å². The van der Waals surface area contributed by atoms with Gasteiger partial charge in [0, 0.05) is 13.1 Å². The van der Waals surface area contributed by atoms with Crippen LogP contribution in [0.5, 0.6) is 0 Å². The monoisotopic (exact) mass is 421 g/mol. The standard InChI is InChI=1S/C24H27N3O2S/c1-3-18-11-13-19(14-12-18)27-23(29)20-9-5-6-10-21(20)25-24(27)30-17(2)22(28)26-15-7-4-8-16-26/h5-6,9-14,17H,3-4,7-8,15-16H2,1-2H3/t17-/m1/s1. The quantitative estimate of drug-likeness (QED) is 0.451. The first-order valence-corrected chi connectivity index (χ1v) is 11.5. The maximum Gasteiger partial charge on any atom is 0.266 e. The summed E-state index contributed by atoms with van der Waals surface area (Å²) < 4.78 is 1.65. The molecule has 2 aromatic carbocycles. The second-order valence-electron chi connectivity index (χ2n) is 7.72. The van der Waals surface area contributed by atoms with Crippen molar-refractivity contribution in [2.75, 3.05) is 13.1 Å². The molecule has 156 valence electrons. The molecule has 1 fully saturated rings. The van der Waals surface area contributed by atoms with Gasteiger partial charge in [0.1, 0.15) is 0 Å². The fraction of sp³-hybridized carbons (Fsp3) is 0.375. The van der Waals surface area contributed by atoms with E-state index in [1.807, 2.05) is 54.3 Å². The van der Waals surface area contributed by atoms with Crippen molar-refractivity contribution in [1.29, 1.82) is 0 Å². The second-order valence-corrected chi connectivity index (χ2v) is 9.03. The Morgan fingerprint density at radius 1 is 1.07 bits per heavy atom. The molecule has 5 nitrogen and oxygen atoms in total. The Morgan fingerprint density at radius 2 is 1.77 bits per heavy atom. The highest BCUT2D eigenvalue weighted by Crippen LogP contribution is 2.27. The molecule has 1 saturated heterocycles. The fourth-order valence-electron chi connectivity index (χ4n) is 3.88. The molecular weight excluding hydrogens is 394 g/mol. The minimum absolute atomic E-state index is 0.107.